The minimum absolute atomic E-state index is 0.0569. The van der Waals surface area contributed by atoms with Gasteiger partial charge in [-0.3, -0.25) is 19.8 Å². The Kier molecular flexibility index (Phi) is 4.12. The quantitative estimate of drug-likeness (QED) is 0.425. The van der Waals surface area contributed by atoms with E-state index < -0.39 is 11.8 Å². The second-order valence-corrected chi connectivity index (χ2v) is 6.90. The Morgan fingerprint density at radius 2 is 1.85 bits per heavy atom. The van der Waals surface area contributed by atoms with Crippen molar-refractivity contribution in [2.45, 2.75) is 6.92 Å². The summed E-state index contributed by atoms with van der Waals surface area (Å²) in [6.07, 6.45) is 3.53. The fourth-order valence-electron chi connectivity index (χ4n) is 3.30. The maximum Gasteiger partial charge on any atom is 0.270 e. The molecule has 1 fully saturated rings. The van der Waals surface area contributed by atoms with Gasteiger partial charge >= 0.3 is 0 Å². The molecular formula is C21H17N3O2S. The van der Waals surface area contributed by atoms with Crippen molar-refractivity contribution >= 4 is 51.8 Å². The van der Waals surface area contributed by atoms with Gasteiger partial charge in [0.25, 0.3) is 11.8 Å². The molecule has 0 saturated carbocycles. The summed E-state index contributed by atoms with van der Waals surface area (Å²) in [5.41, 5.74) is 3.53. The number of hydrogen-bond acceptors (Lipinski definition) is 3. The summed E-state index contributed by atoms with van der Waals surface area (Å²) in [7, 11) is 1.93. The number of thiocarbonyl (C=S) groups is 1. The first-order valence-corrected chi connectivity index (χ1v) is 8.89. The molecule has 2 amide bonds. The Morgan fingerprint density at radius 3 is 2.63 bits per heavy atom. The number of nitrogens with zero attached hydrogens (tertiary/aromatic N) is 2. The summed E-state index contributed by atoms with van der Waals surface area (Å²) in [5.74, 6) is -0.913. The standard InChI is InChI=1S/C21H17N3O2S/c1-13-6-5-7-15(10-13)24-20(26)17(19(25)22-21(24)27)11-14-12-23(2)18-9-4-3-8-16(14)18/h3-12H,1-2H3,(H,22,25,27). The SMILES string of the molecule is Cc1cccc(N2C(=O)C(=Cc3cn(C)c4ccccc34)C(=O)NC2=S)c1. The summed E-state index contributed by atoms with van der Waals surface area (Å²) in [6.45, 7) is 1.94. The number of carbonyl (C=O) groups is 2. The third-order valence-electron chi connectivity index (χ3n) is 4.59. The lowest BCUT2D eigenvalue weighted by atomic mass is 10.1. The normalized spacial score (nSPS) is 16.3. The molecule has 0 spiro atoms. The first-order chi connectivity index (χ1) is 13.0. The van der Waals surface area contributed by atoms with E-state index in [2.05, 4.69) is 5.32 Å². The van der Waals surface area contributed by atoms with Gasteiger partial charge in [0.2, 0.25) is 0 Å². The lowest BCUT2D eigenvalue weighted by molar-refractivity contribution is -0.122. The Bertz CT molecular complexity index is 1140. The van der Waals surface area contributed by atoms with Crippen LogP contribution in [-0.2, 0) is 16.6 Å². The Morgan fingerprint density at radius 1 is 1.07 bits per heavy atom. The lowest BCUT2D eigenvalue weighted by Gasteiger charge is -2.29. The predicted octanol–water partition coefficient (Wildman–Crippen LogP) is 3.32. The van der Waals surface area contributed by atoms with Crippen LogP contribution in [0.5, 0.6) is 0 Å². The maximum atomic E-state index is 13.1. The highest BCUT2D eigenvalue weighted by Gasteiger charge is 2.34. The van der Waals surface area contributed by atoms with Gasteiger partial charge in [-0.05, 0) is 49.0 Å². The van der Waals surface area contributed by atoms with Crippen molar-refractivity contribution in [3.05, 3.63) is 71.4 Å². The van der Waals surface area contributed by atoms with E-state index in [-0.39, 0.29) is 10.7 Å². The summed E-state index contributed by atoms with van der Waals surface area (Å²) in [6, 6.07) is 15.3. The Balaban J connectivity index is 1.82. The number of para-hydroxylation sites is 1. The van der Waals surface area contributed by atoms with Crippen LogP contribution in [-0.4, -0.2) is 21.5 Å². The van der Waals surface area contributed by atoms with Crippen molar-refractivity contribution in [1.82, 2.24) is 9.88 Å². The minimum Gasteiger partial charge on any atom is -0.350 e. The van der Waals surface area contributed by atoms with Gasteiger partial charge in [0.05, 0.1) is 5.69 Å². The molecule has 1 aliphatic rings. The molecule has 0 unspecified atom stereocenters. The van der Waals surface area contributed by atoms with E-state index in [0.29, 0.717) is 5.69 Å². The molecule has 0 aliphatic carbocycles. The van der Waals surface area contributed by atoms with Gasteiger partial charge in [0.1, 0.15) is 5.57 Å². The van der Waals surface area contributed by atoms with E-state index >= 15 is 0 Å². The summed E-state index contributed by atoms with van der Waals surface area (Å²) in [5, 5.41) is 3.69. The number of nitrogens with one attached hydrogen (secondary N) is 1. The molecule has 1 aliphatic heterocycles. The molecule has 2 heterocycles. The Labute approximate surface area is 161 Å². The topological polar surface area (TPSA) is 54.3 Å². The molecule has 6 heteroatoms. The van der Waals surface area contributed by atoms with Crippen LogP contribution in [0.25, 0.3) is 17.0 Å². The van der Waals surface area contributed by atoms with Crippen molar-refractivity contribution in [2.75, 3.05) is 4.90 Å². The predicted molar refractivity (Wildman–Crippen MR) is 110 cm³/mol. The maximum absolute atomic E-state index is 13.1. The van der Waals surface area contributed by atoms with Crippen molar-refractivity contribution in [2.24, 2.45) is 7.05 Å². The van der Waals surface area contributed by atoms with Crippen LogP contribution in [0.3, 0.4) is 0 Å². The molecule has 0 radical (unpaired) electrons. The highest BCUT2D eigenvalue weighted by molar-refractivity contribution is 7.80. The van der Waals surface area contributed by atoms with Crippen molar-refractivity contribution < 1.29 is 9.59 Å². The average molecular weight is 375 g/mol. The molecule has 27 heavy (non-hydrogen) atoms. The molecule has 1 N–H and O–H groups in total. The van der Waals surface area contributed by atoms with Gasteiger partial charge in [0.15, 0.2) is 5.11 Å². The first kappa shape index (κ1) is 17.2. The zero-order chi connectivity index (χ0) is 19.1. The third-order valence-corrected chi connectivity index (χ3v) is 4.87. The molecule has 4 rings (SSSR count). The van der Waals surface area contributed by atoms with Crippen molar-refractivity contribution in [3.63, 3.8) is 0 Å². The van der Waals surface area contributed by atoms with Gasteiger partial charge in [0, 0.05) is 29.7 Å². The van der Waals surface area contributed by atoms with E-state index in [1.54, 1.807) is 12.1 Å². The number of carbonyl (C=O) groups excluding carboxylic acids is 2. The van der Waals surface area contributed by atoms with Gasteiger partial charge in [-0.1, -0.05) is 30.3 Å². The second-order valence-electron chi connectivity index (χ2n) is 6.51. The Hall–Kier alpha value is -3.25. The largest absolute Gasteiger partial charge is 0.350 e. The highest BCUT2D eigenvalue weighted by Crippen LogP contribution is 2.26. The average Bonchev–Trinajstić information content (AvgIpc) is 2.95. The number of amides is 2. The van der Waals surface area contributed by atoms with Crippen molar-refractivity contribution in [1.29, 1.82) is 0 Å². The molecule has 1 aromatic heterocycles. The minimum atomic E-state index is -0.484. The van der Waals surface area contributed by atoms with Crippen LogP contribution < -0.4 is 10.2 Å². The number of fused-ring (bicyclic) bond motifs is 1. The fourth-order valence-corrected chi connectivity index (χ4v) is 3.58. The number of benzene rings is 2. The zero-order valence-corrected chi connectivity index (χ0v) is 15.7. The summed E-state index contributed by atoms with van der Waals surface area (Å²) in [4.78, 5) is 27.0. The molecule has 0 atom stereocenters. The van der Waals surface area contributed by atoms with Crippen LogP contribution in [0.2, 0.25) is 0 Å². The van der Waals surface area contributed by atoms with Crippen LogP contribution in [0.4, 0.5) is 5.69 Å². The lowest BCUT2D eigenvalue weighted by Crippen LogP contribution is -2.54. The number of anilines is 1. The first-order valence-electron chi connectivity index (χ1n) is 8.48. The van der Waals surface area contributed by atoms with Gasteiger partial charge in [-0.2, -0.15) is 0 Å². The fraction of sp³-hybridized carbons (Fsp3) is 0.0952. The number of hydrogen-bond donors (Lipinski definition) is 1. The monoisotopic (exact) mass is 375 g/mol. The number of aromatic nitrogens is 1. The molecule has 0 bridgehead atoms. The highest BCUT2D eigenvalue weighted by atomic mass is 32.1. The van der Waals surface area contributed by atoms with E-state index in [1.165, 1.54) is 4.90 Å². The number of rotatable bonds is 2. The molecule has 1 saturated heterocycles. The molecule has 2 aromatic carbocycles. The van der Waals surface area contributed by atoms with E-state index in [1.807, 2.05) is 67.2 Å². The van der Waals surface area contributed by atoms with Gasteiger partial charge in [-0.25, -0.2) is 0 Å². The van der Waals surface area contributed by atoms with Crippen LogP contribution in [0.1, 0.15) is 11.1 Å². The van der Waals surface area contributed by atoms with E-state index in [4.69, 9.17) is 12.2 Å². The molecule has 5 nitrogen and oxygen atoms in total. The zero-order valence-electron chi connectivity index (χ0n) is 14.9. The van der Waals surface area contributed by atoms with Crippen LogP contribution in [0, 0.1) is 6.92 Å². The van der Waals surface area contributed by atoms with Crippen LogP contribution in [0.15, 0.2) is 60.3 Å². The van der Waals surface area contributed by atoms with E-state index in [9.17, 15) is 9.59 Å². The van der Waals surface area contributed by atoms with E-state index in [0.717, 1.165) is 22.0 Å². The smallest absolute Gasteiger partial charge is 0.270 e. The van der Waals surface area contributed by atoms with Crippen molar-refractivity contribution in [3.8, 4) is 0 Å². The molecule has 134 valence electrons. The third kappa shape index (κ3) is 2.94. The second kappa shape index (κ2) is 6.48. The summed E-state index contributed by atoms with van der Waals surface area (Å²) < 4.78 is 1.97. The summed E-state index contributed by atoms with van der Waals surface area (Å²) >= 11 is 5.25. The van der Waals surface area contributed by atoms with Crippen LogP contribution >= 0.6 is 12.2 Å². The van der Waals surface area contributed by atoms with Gasteiger partial charge < -0.3 is 4.57 Å². The van der Waals surface area contributed by atoms with Gasteiger partial charge in [-0.15, -0.1) is 0 Å². The molecular weight excluding hydrogens is 358 g/mol. The number of aryl methyl sites for hydroxylation is 2. The molecule has 3 aromatic rings.